The van der Waals surface area contributed by atoms with E-state index in [1.54, 1.807) is 38.6 Å². The Balaban J connectivity index is 1.56. The zero-order chi connectivity index (χ0) is 41.5. The molecule has 2 heterocycles. The van der Waals surface area contributed by atoms with Gasteiger partial charge in [0.15, 0.2) is 17.5 Å². The summed E-state index contributed by atoms with van der Waals surface area (Å²) in [4.78, 5) is 62.2. The molecule has 0 aliphatic rings. The Labute approximate surface area is 350 Å². The lowest BCUT2D eigenvalue weighted by Gasteiger charge is -2.24. The predicted molar refractivity (Wildman–Crippen MR) is 234 cm³/mol. The smallest absolute Gasteiger partial charge is 0.338 e. The van der Waals surface area contributed by atoms with Gasteiger partial charge in [-0.25, -0.2) is 19.4 Å². The van der Waals surface area contributed by atoms with Crippen molar-refractivity contribution in [1.29, 1.82) is 0 Å². The van der Waals surface area contributed by atoms with E-state index in [-0.39, 0.29) is 33.6 Å². The Bertz CT molecular complexity index is 1690. The van der Waals surface area contributed by atoms with Gasteiger partial charge in [-0.15, -0.1) is 0 Å². The first-order valence-corrected chi connectivity index (χ1v) is 22.9. The SMILES string of the molecule is CCCCCCCCCCCCCCCCOC(=O)c1ccc(Cl)c(NC(=O)C(C(=O)C(C)(C)C)n2ncc3c(NC(=O)CCSCCCCCC)ncnc32)c1. The fraction of sp³-hybridized carbons (Fsp3) is 0.659. The monoisotopic (exact) mass is 826 g/mol. The molecule has 3 aromatic rings. The van der Waals surface area contributed by atoms with E-state index in [1.807, 2.05) is 0 Å². The molecule has 0 aliphatic heterocycles. The number of halogens is 1. The van der Waals surface area contributed by atoms with Gasteiger partial charge in [0.25, 0.3) is 5.91 Å². The average Bonchev–Trinajstić information content (AvgIpc) is 3.61. The maximum atomic E-state index is 14.0. The molecule has 0 aliphatic carbocycles. The van der Waals surface area contributed by atoms with Crippen molar-refractivity contribution in [3.63, 3.8) is 0 Å². The highest BCUT2D eigenvalue weighted by molar-refractivity contribution is 7.99. The summed E-state index contributed by atoms with van der Waals surface area (Å²) in [6.45, 7) is 9.88. The standard InChI is InChI=1S/C44H67ClN6O5S/c1-6-8-10-12-13-14-15-16-17-18-19-20-21-22-27-56-43(55)33-24-25-35(45)36(30-33)49-42(54)38(39(53)44(3,4)5)51-41-34(31-48-51)40(46-32-47-41)50-37(52)26-29-57-28-23-11-9-7-2/h24-25,30-32,38H,6-23,26-29H2,1-5H3,(H,49,54)(H,46,47,50,52). The molecular formula is C44H67ClN6O5S. The fourth-order valence-corrected chi connectivity index (χ4v) is 7.60. The second-order valence-electron chi connectivity index (χ2n) is 16.0. The number of nitrogens with zero attached hydrogens (tertiary/aromatic N) is 4. The quantitative estimate of drug-likeness (QED) is 0.0397. The number of esters is 1. The highest BCUT2D eigenvalue weighted by atomic mass is 35.5. The summed E-state index contributed by atoms with van der Waals surface area (Å²) in [7, 11) is 0. The van der Waals surface area contributed by atoms with Crippen molar-refractivity contribution >= 4 is 69.5 Å². The van der Waals surface area contributed by atoms with Gasteiger partial charge in [-0.2, -0.15) is 16.9 Å². The van der Waals surface area contributed by atoms with Gasteiger partial charge in [0.2, 0.25) is 5.91 Å². The molecule has 2 N–H and O–H groups in total. The molecule has 57 heavy (non-hydrogen) atoms. The van der Waals surface area contributed by atoms with Crippen LogP contribution in [0.1, 0.15) is 173 Å². The van der Waals surface area contributed by atoms with Crippen LogP contribution in [0.2, 0.25) is 5.02 Å². The Morgan fingerprint density at radius 1 is 0.789 bits per heavy atom. The van der Waals surface area contributed by atoms with Crippen LogP contribution < -0.4 is 10.6 Å². The zero-order valence-corrected chi connectivity index (χ0v) is 36.7. The maximum absolute atomic E-state index is 14.0. The molecule has 11 nitrogen and oxygen atoms in total. The van der Waals surface area contributed by atoms with Gasteiger partial charge in [0, 0.05) is 17.6 Å². The first-order chi connectivity index (χ1) is 27.5. The minimum Gasteiger partial charge on any atom is -0.462 e. The number of aromatic nitrogens is 4. The second-order valence-corrected chi connectivity index (χ2v) is 17.6. The summed E-state index contributed by atoms with van der Waals surface area (Å²) in [6.07, 6.45) is 25.2. The van der Waals surface area contributed by atoms with Gasteiger partial charge >= 0.3 is 5.97 Å². The predicted octanol–water partition coefficient (Wildman–Crippen LogP) is 11.6. The van der Waals surface area contributed by atoms with Gasteiger partial charge in [-0.05, 0) is 36.8 Å². The molecule has 0 radical (unpaired) electrons. The van der Waals surface area contributed by atoms with Gasteiger partial charge in [-0.1, -0.05) is 149 Å². The Kier molecular flexibility index (Phi) is 22.2. The van der Waals surface area contributed by atoms with Crippen LogP contribution in [-0.2, 0) is 19.1 Å². The minimum atomic E-state index is -1.45. The molecule has 0 saturated carbocycles. The first-order valence-electron chi connectivity index (χ1n) is 21.4. The van der Waals surface area contributed by atoms with Crippen LogP contribution in [0.25, 0.3) is 11.0 Å². The van der Waals surface area contributed by atoms with Crippen LogP contribution >= 0.6 is 23.4 Å². The molecule has 2 amide bonds. The average molecular weight is 828 g/mol. The van der Waals surface area contributed by atoms with E-state index in [9.17, 15) is 19.2 Å². The summed E-state index contributed by atoms with van der Waals surface area (Å²) in [5, 5.41) is 10.6. The molecule has 2 aromatic heterocycles. The van der Waals surface area contributed by atoms with Crippen LogP contribution in [0.3, 0.4) is 0 Å². The van der Waals surface area contributed by atoms with Crippen molar-refractivity contribution in [3.05, 3.63) is 41.3 Å². The Hall–Kier alpha value is -3.51. The summed E-state index contributed by atoms with van der Waals surface area (Å²) in [5.41, 5.74) is -0.357. The van der Waals surface area contributed by atoms with Crippen LogP contribution in [0, 0.1) is 5.41 Å². The number of fused-ring (bicyclic) bond motifs is 1. The topological polar surface area (TPSA) is 145 Å². The zero-order valence-electron chi connectivity index (χ0n) is 35.1. The number of anilines is 2. The van der Waals surface area contributed by atoms with Gasteiger partial charge in [0.1, 0.15) is 12.1 Å². The van der Waals surface area contributed by atoms with E-state index in [4.69, 9.17) is 16.3 Å². The number of thioether (sulfide) groups is 1. The molecule has 1 unspecified atom stereocenters. The molecular weight excluding hydrogens is 760 g/mol. The van der Waals surface area contributed by atoms with Gasteiger partial charge in [0.05, 0.1) is 34.5 Å². The number of rotatable bonds is 29. The molecule has 13 heteroatoms. The van der Waals surface area contributed by atoms with Crippen LogP contribution in [-0.4, -0.2) is 61.4 Å². The highest BCUT2D eigenvalue weighted by Crippen LogP contribution is 2.31. The highest BCUT2D eigenvalue weighted by Gasteiger charge is 2.38. The minimum absolute atomic E-state index is 0.154. The summed E-state index contributed by atoms with van der Waals surface area (Å²) in [5.74, 6) is 0.0946. The number of benzene rings is 1. The number of hydrogen-bond donors (Lipinski definition) is 2. The van der Waals surface area contributed by atoms with Gasteiger partial charge < -0.3 is 15.4 Å². The van der Waals surface area contributed by atoms with Crippen molar-refractivity contribution in [2.24, 2.45) is 5.41 Å². The largest absolute Gasteiger partial charge is 0.462 e. The normalized spacial score (nSPS) is 12.1. The lowest BCUT2D eigenvalue weighted by atomic mass is 9.86. The molecule has 1 aromatic carbocycles. The van der Waals surface area contributed by atoms with Crippen LogP contribution in [0.15, 0.2) is 30.7 Å². The number of Topliss-reactive ketones (excluding diaryl/α,β-unsaturated/α-hetero) is 1. The number of ether oxygens (including phenoxy) is 1. The Morgan fingerprint density at radius 2 is 1.39 bits per heavy atom. The van der Waals surface area contributed by atoms with Crippen molar-refractivity contribution in [2.45, 2.75) is 163 Å². The molecule has 1 atom stereocenters. The van der Waals surface area contributed by atoms with E-state index in [0.717, 1.165) is 31.4 Å². The van der Waals surface area contributed by atoms with Crippen molar-refractivity contribution in [1.82, 2.24) is 19.7 Å². The number of carbonyl (C=O) groups is 4. The van der Waals surface area contributed by atoms with E-state index in [1.165, 1.54) is 119 Å². The summed E-state index contributed by atoms with van der Waals surface area (Å²) in [6, 6.07) is 3.06. The van der Waals surface area contributed by atoms with E-state index < -0.39 is 29.1 Å². The fourth-order valence-electron chi connectivity index (χ4n) is 6.49. The second kappa shape index (κ2) is 26.5. The molecule has 0 bridgehead atoms. The van der Waals surface area contributed by atoms with E-state index in [2.05, 4.69) is 39.5 Å². The number of carbonyl (C=O) groups excluding carboxylic acids is 4. The van der Waals surface area contributed by atoms with Crippen molar-refractivity contribution in [2.75, 3.05) is 28.7 Å². The number of hydrogen-bond acceptors (Lipinski definition) is 9. The third-order valence-corrected chi connectivity index (χ3v) is 11.3. The van der Waals surface area contributed by atoms with E-state index >= 15 is 0 Å². The molecule has 0 spiro atoms. The lowest BCUT2D eigenvalue weighted by molar-refractivity contribution is -0.135. The van der Waals surface area contributed by atoms with E-state index in [0.29, 0.717) is 24.2 Å². The molecule has 0 fully saturated rings. The molecule has 0 saturated heterocycles. The van der Waals surface area contributed by atoms with Crippen molar-refractivity contribution in [3.8, 4) is 0 Å². The molecule has 316 valence electrons. The summed E-state index contributed by atoms with van der Waals surface area (Å²) >= 11 is 8.24. The number of nitrogens with one attached hydrogen (secondary N) is 2. The summed E-state index contributed by atoms with van der Waals surface area (Å²) < 4.78 is 6.79. The maximum Gasteiger partial charge on any atom is 0.338 e. The number of amides is 2. The molecule has 3 rings (SSSR count). The Morgan fingerprint density at radius 3 is 2.00 bits per heavy atom. The van der Waals surface area contributed by atoms with Gasteiger partial charge in [-0.3, -0.25) is 14.4 Å². The number of unbranched alkanes of at least 4 members (excludes halogenated alkanes) is 16. The van der Waals surface area contributed by atoms with Crippen molar-refractivity contribution < 1.29 is 23.9 Å². The lowest BCUT2D eigenvalue weighted by Crippen LogP contribution is -2.39. The third kappa shape index (κ3) is 17.1. The first kappa shape index (κ1) is 47.9. The van der Waals surface area contributed by atoms with Crippen LogP contribution in [0.5, 0.6) is 0 Å². The third-order valence-electron chi connectivity index (χ3n) is 9.94. The number of ketones is 1. The van der Waals surface area contributed by atoms with Crippen LogP contribution in [0.4, 0.5) is 11.5 Å².